The summed E-state index contributed by atoms with van der Waals surface area (Å²) in [5.41, 5.74) is 4.04. The minimum atomic E-state index is -0.838. The fourth-order valence-electron chi connectivity index (χ4n) is 3.60. The maximum absolute atomic E-state index is 14.7. The summed E-state index contributed by atoms with van der Waals surface area (Å²) >= 11 is 0. The standard InChI is InChI=1S/C28H27F3/c1-3-5-7-20-9-11-21(12-10-20)25-18-14-22(26(29)19-25)13-15-24-17-16-23(8-6-4-2)27(30)28(24)31/h3-4,9-12,14,16-19H,1-2,5-8,13,15H2. The van der Waals surface area contributed by atoms with Crippen molar-refractivity contribution in [1.29, 1.82) is 0 Å². The van der Waals surface area contributed by atoms with Crippen molar-refractivity contribution in [3.8, 4) is 11.1 Å². The van der Waals surface area contributed by atoms with Gasteiger partial charge in [0.1, 0.15) is 5.82 Å². The molecule has 0 N–H and O–H groups in total. The Hall–Kier alpha value is -3.07. The van der Waals surface area contributed by atoms with Gasteiger partial charge in [-0.05, 0) is 78.0 Å². The first kappa shape index (κ1) is 22.6. The second kappa shape index (κ2) is 10.8. The summed E-state index contributed by atoms with van der Waals surface area (Å²) in [4.78, 5) is 0. The summed E-state index contributed by atoms with van der Waals surface area (Å²) in [5, 5.41) is 0. The third kappa shape index (κ3) is 5.75. The highest BCUT2D eigenvalue weighted by Gasteiger charge is 2.14. The van der Waals surface area contributed by atoms with Crippen LogP contribution in [-0.4, -0.2) is 0 Å². The van der Waals surface area contributed by atoms with Gasteiger partial charge in [-0.25, -0.2) is 13.2 Å². The van der Waals surface area contributed by atoms with Gasteiger partial charge in [-0.15, -0.1) is 13.2 Å². The van der Waals surface area contributed by atoms with E-state index in [0.29, 0.717) is 30.4 Å². The zero-order valence-electron chi connectivity index (χ0n) is 17.6. The number of allylic oxidation sites excluding steroid dienone is 2. The quantitative estimate of drug-likeness (QED) is 0.294. The van der Waals surface area contributed by atoms with Gasteiger partial charge in [0.05, 0.1) is 0 Å². The van der Waals surface area contributed by atoms with E-state index >= 15 is 0 Å². The van der Waals surface area contributed by atoms with E-state index in [1.165, 1.54) is 11.6 Å². The highest BCUT2D eigenvalue weighted by molar-refractivity contribution is 5.64. The Morgan fingerprint density at radius 3 is 1.71 bits per heavy atom. The van der Waals surface area contributed by atoms with Crippen molar-refractivity contribution < 1.29 is 13.2 Å². The van der Waals surface area contributed by atoms with Crippen molar-refractivity contribution in [2.45, 2.75) is 38.5 Å². The van der Waals surface area contributed by atoms with E-state index in [-0.39, 0.29) is 17.8 Å². The summed E-state index contributed by atoms with van der Waals surface area (Å²) in [6.45, 7) is 7.33. The van der Waals surface area contributed by atoms with E-state index in [9.17, 15) is 13.2 Å². The molecule has 3 heteroatoms. The molecule has 3 rings (SSSR count). The Morgan fingerprint density at radius 1 is 0.581 bits per heavy atom. The molecule has 0 unspecified atom stereocenters. The van der Waals surface area contributed by atoms with Crippen molar-refractivity contribution in [2.75, 3.05) is 0 Å². The van der Waals surface area contributed by atoms with Gasteiger partial charge in [-0.3, -0.25) is 0 Å². The molecule has 3 aromatic rings. The summed E-state index contributed by atoms with van der Waals surface area (Å²) in [7, 11) is 0. The third-order valence-electron chi connectivity index (χ3n) is 5.50. The Labute approximate surface area is 182 Å². The molecule has 0 fully saturated rings. The van der Waals surface area contributed by atoms with Gasteiger partial charge in [-0.2, -0.15) is 0 Å². The van der Waals surface area contributed by atoms with E-state index in [1.807, 2.05) is 36.4 Å². The Bertz CT molecular complexity index is 1050. The molecule has 0 atom stereocenters. The molecule has 0 aliphatic heterocycles. The molecule has 3 aromatic carbocycles. The molecular formula is C28H27F3. The SMILES string of the molecule is C=CCCc1ccc(-c2ccc(CCc3ccc(CCC=C)c(F)c3F)c(F)c2)cc1. The molecule has 0 aromatic heterocycles. The number of halogens is 3. The van der Waals surface area contributed by atoms with Crippen LogP contribution in [0.3, 0.4) is 0 Å². The largest absolute Gasteiger partial charge is 0.207 e. The minimum Gasteiger partial charge on any atom is -0.207 e. The minimum absolute atomic E-state index is 0.235. The molecule has 0 bridgehead atoms. The number of hydrogen-bond acceptors (Lipinski definition) is 0. The molecule has 0 heterocycles. The van der Waals surface area contributed by atoms with Crippen LogP contribution < -0.4 is 0 Å². The number of rotatable bonds is 10. The first-order valence-electron chi connectivity index (χ1n) is 10.6. The van der Waals surface area contributed by atoms with Gasteiger partial charge in [0.2, 0.25) is 0 Å². The molecule has 31 heavy (non-hydrogen) atoms. The average molecular weight is 421 g/mol. The normalized spacial score (nSPS) is 10.8. The maximum Gasteiger partial charge on any atom is 0.162 e. The van der Waals surface area contributed by atoms with Gasteiger partial charge in [-0.1, -0.05) is 60.7 Å². The molecule has 0 nitrogen and oxygen atoms in total. The summed E-state index contributed by atoms with van der Waals surface area (Å²) in [6.07, 6.45) is 6.96. The predicted octanol–water partition coefficient (Wildman–Crippen LogP) is 7.79. The van der Waals surface area contributed by atoms with Crippen LogP contribution in [0.25, 0.3) is 11.1 Å². The molecule has 0 spiro atoms. The van der Waals surface area contributed by atoms with Crippen LogP contribution in [0.5, 0.6) is 0 Å². The lowest BCUT2D eigenvalue weighted by atomic mass is 9.97. The van der Waals surface area contributed by atoms with Crippen molar-refractivity contribution in [3.05, 3.63) is 120 Å². The van der Waals surface area contributed by atoms with Crippen molar-refractivity contribution in [3.63, 3.8) is 0 Å². The van der Waals surface area contributed by atoms with Crippen molar-refractivity contribution in [2.24, 2.45) is 0 Å². The zero-order valence-corrected chi connectivity index (χ0v) is 17.6. The van der Waals surface area contributed by atoms with Crippen LogP contribution in [0.1, 0.15) is 35.1 Å². The molecule has 0 aliphatic rings. The molecule has 0 saturated carbocycles. The lowest BCUT2D eigenvalue weighted by molar-refractivity contribution is 0.488. The molecule has 160 valence electrons. The van der Waals surface area contributed by atoms with E-state index < -0.39 is 11.6 Å². The van der Waals surface area contributed by atoms with E-state index in [0.717, 1.165) is 24.0 Å². The van der Waals surface area contributed by atoms with Gasteiger partial charge in [0, 0.05) is 0 Å². The highest BCUT2D eigenvalue weighted by atomic mass is 19.2. The van der Waals surface area contributed by atoms with E-state index in [1.54, 1.807) is 24.3 Å². The fraction of sp³-hybridized carbons (Fsp3) is 0.214. The first-order valence-corrected chi connectivity index (χ1v) is 10.6. The Kier molecular flexibility index (Phi) is 7.88. The lowest BCUT2D eigenvalue weighted by Crippen LogP contribution is -2.02. The van der Waals surface area contributed by atoms with E-state index in [4.69, 9.17) is 0 Å². The third-order valence-corrected chi connectivity index (χ3v) is 5.50. The molecule has 0 aliphatic carbocycles. The maximum atomic E-state index is 14.7. The van der Waals surface area contributed by atoms with Gasteiger partial charge < -0.3 is 0 Å². The summed E-state index contributed by atoms with van der Waals surface area (Å²) in [6, 6.07) is 16.4. The summed E-state index contributed by atoms with van der Waals surface area (Å²) in [5.74, 6) is -1.99. The predicted molar refractivity (Wildman–Crippen MR) is 123 cm³/mol. The van der Waals surface area contributed by atoms with Gasteiger partial charge >= 0.3 is 0 Å². The topological polar surface area (TPSA) is 0 Å². The highest BCUT2D eigenvalue weighted by Crippen LogP contribution is 2.25. The monoisotopic (exact) mass is 420 g/mol. The van der Waals surface area contributed by atoms with Crippen LogP contribution in [-0.2, 0) is 25.7 Å². The summed E-state index contributed by atoms with van der Waals surface area (Å²) < 4.78 is 43.3. The average Bonchev–Trinajstić information content (AvgIpc) is 2.79. The lowest BCUT2D eigenvalue weighted by Gasteiger charge is -2.10. The number of benzene rings is 3. The van der Waals surface area contributed by atoms with Crippen molar-refractivity contribution >= 4 is 0 Å². The fourth-order valence-corrected chi connectivity index (χ4v) is 3.60. The molecule has 0 amide bonds. The van der Waals surface area contributed by atoms with Crippen LogP contribution in [0.2, 0.25) is 0 Å². The Balaban J connectivity index is 1.69. The first-order chi connectivity index (χ1) is 15.0. The van der Waals surface area contributed by atoms with Crippen LogP contribution in [0.4, 0.5) is 13.2 Å². The zero-order chi connectivity index (χ0) is 22.2. The molecule has 0 saturated heterocycles. The van der Waals surface area contributed by atoms with Crippen LogP contribution >= 0.6 is 0 Å². The number of hydrogen-bond donors (Lipinski definition) is 0. The molecule has 0 radical (unpaired) electrons. The smallest absolute Gasteiger partial charge is 0.162 e. The van der Waals surface area contributed by atoms with Crippen LogP contribution in [0, 0.1) is 17.5 Å². The van der Waals surface area contributed by atoms with Gasteiger partial charge in [0.15, 0.2) is 11.6 Å². The number of aryl methyl sites for hydroxylation is 4. The Morgan fingerprint density at radius 2 is 1.10 bits per heavy atom. The van der Waals surface area contributed by atoms with E-state index in [2.05, 4.69) is 13.2 Å². The van der Waals surface area contributed by atoms with Crippen molar-refractivity contribution in [1.82, 2.24) is 0 Å². The second-order valence-corrected chi connectivity index (χ2v) is 7.67. The molecular weight excluding hydrogens is 393 g/mol. The second-order valence-electron chi connectivity index (χ2n) is 7.67. The van der Waals surface area contributed by atoms with Gasteiger partial charge in [0.25, 0.3) is 0 Å². The van der Waals surface area contributed by atoms with Crippen LogP contribution in [0.15, 0.2) is 79.9 Å².